The first-order valence-electron chi connectivity index (χ1n) is 9.66. The highest BCUT2D eigenvalue weighted by Gasteiger charge is 2.22. The van der Waals surface area contributed by atoms with E-state index in [1.54, 1.807) is 11.9 Å². The Morgan fingerprint density at radius 3 is 2.52 bits per heavy atom. The van der Waals surface area contributed by atoms with Crippen molar-refractivity contribution in [3.8, 4) is 11.3 Å². The summed E-state index contributed by atoms with van der Waals surface area (Å²) in [5.41, 5.74) is 5.19. The van der Waals surface area contributed by atoms with Crippen LogP contribution >= 0.6 is 0 Å². The van der Waals surface area contributed by atoms with Gasteiger partial charge in [0.25, 0.3) is 11.6 Å². The molecule has 0 bridgehead atoms. The van der Waals surface area contributed by atoms with E-state index >= 15 is 0 Å². The van der Waals surface area contributed by atoms with Crippen molar-refractivity contribution in [2.24, 2.45) is 0 Å². The molecule has 29 heavy (non-hydrogen) atoms. The van der Waals surface area contributed by atoms with Crippen LogP contribution in [0.25, 0.3) is 22.4 Å². The standard InChI is InChI=1S/C24H23N3O2/c1-15(2)18-11-8-12-19(13-18)27(4)24(28)20-14-21(17-9-6-5-7-10-17)25-23-22(20)16(3)26-29-23/h5-15H,1-4H3. The molecule has 0 aliphatic rings. The lowest BCUT2D eigenvalue weighted by molar-refractivity contribution is 0.0994. The van der Waals surface area contributed by atoms with Gasteiger partial charge in [-0.1, -0.05) is 61.5 Å². The maximum absolute atomic E-state index is 13.5. The van der Waals surface area contributed by atoms with Gasteiger partial charge in [0, 0.05) is 18.3 Å². The van der Waals surface area contributed by atoms with Gasteiger partial charge in [-0.3, -0.25) is 4.79 Å². The summed E-state index contributed by atoms with van der Waals surface area (Å²) in [4.78, 5) is 19.8. The maximum Gasteiger partial charge on any atom is 0.259 e. The molecule has 0 atom stereocenters. The fourth-order valence-corrected chi connectivity index (χ4v) is 3.41. The zero-order chi connectivity index (χ0) is 20.5. The number of benzene rings is 2. The Bertz CT molecular complexity index is 1180. The average molecular weight is 385 g/mol. The van der Waals surface area contributed by atoms with Crippen LogP contribution < -0.4 is 4.90 Å². The van der Waals surface area contributed by atoms with E-state index in [0.29, 0.717) is 34.0 Å². The van der Waals surface area contributed by atoms with E-state index in [-0.39, 0.29) is 5.91 Å². The Kier molecular flexibility index (Phi) is 4.89. The lowest BCUT2D eigenvalue weighted by Gasteiger charge is -2.20. The Labute approximate surface area is 170 Å². The van der Waals surface area contributed by atoms with E-state index in [2.05, 4.69) is 36.1 Å². The largest absolute Gasteiger partial charge is 0.335 e. The molecule has 1 amide bonds. The number of carbonyl (C=O) groups excluding carboxylic acids is 1. The van der Waals surface area contributed by atoms with E-state index < -0.39 is 0 Å². The van der Waals surface area contributed by atoms with Gasteiger partial charge in [0.2, 0.25) is 0 Å². The van der Waals surface area contributed by atoms with Gasteiger partial charge in [-0.2, -0.15) is 0 Å². The van der Waals surface area contributed by atoms with Crippen LogP contribution in [0.5, 0.6) is 0 Å². The molecule has 0 aliphatic heterocycles. The molecule has 5 heteroatoms. The number of fused-ring (bicyclic) bond motifs is 1. The van der Waals surface area contributed by atoms with Gasteiger partial charge in [0.1, 0.15) is 0 Å². The number of amides is 1. The molecular weight excluding hydrogens is 362 g/mol. The molecule has 0 radical (unpaired) electrons. The minimum Gasteiger partial charge on any atom is -0.335 e. The fraction of sp³-hybridized carbons (Fsp3) is 0.208. The first-order chi connectivity index (χ1) is 14.0. The molecule has 4 aromatic rings. The number of pyridine rings is 1. The summed E-state index contributed by atoms with van der Waals surface area (Å²) in [7, 11) is 1.79. The molecule has 4 rings (SSSR count). The number of aryl methyl sites for hydroxylation is 1. The van der Waals surface area contributed by atoms with Crippen molar-refractivity contribution in [1.29, 1.82) is 0 Å². The first-order valence-corrected chi connectivity index (χ1v) is 9.66. The van der Waals surface area contributed by atoms with E-state index in [1.807, 2.05) is 55.5 Å². The minimum absolute atomic E-state index is 0.123. The Morgan fingerprint density at radius 2 is 1.79 bits per heavy atom. The molecule has 0 saturated heterocycles. The smallest absolute Gasteiger partial charge is 0.259 e. The van der Waals surface area contributed by atoms with Crippen molar-refractivity contribution in [2.75, 3.05) is 11.9 Å². The monoisotopic (exact) mass is 385 g/mol. The number of rotatable bonds is 4. The average Bonchev–Trinajstić information content (AvgIpc) is 3.13. The van der Waals surface area contributed by atoms with Crippen molar-refractivity contribution in [3.05, 3.63) is 77.5 Å². The predicted molar refractivity (Wildman–Crippen MR) is 115 cm³/mol. The molecule has 0 fully saturated rings. The number of aromatic nitrogens is 2. The summed E-state index contributed by atoms with van der Waals surface area (Å²) in [6.45, 7) is 6.10. The van der Waals surface area contributed by atoms with E-state index in [9.17, 15) is 4.79 Å². The van der Waals surface area contributed by atoms with Crippen LogP contribution in [0.3, 0.4) is 0 Å². The molecule has 0 spiro atoms. The van der Waals surface area contributed by atoms with Gasteiger partial charge in [-0.15, -0.1) is 0 Å². The molecule has 0 aliphatic carbocycles. The third-order valence-corrected chi connectivity index (χ3v) is 5.15. The van der Waals surface area contributed by atoms with Crippen LogP contribution in [0.2, 0.25) is 0 Å². The SMILES string of the molecule is Cc1noc2nc(-c3ccccc3)cc(C(=O)N(C)c3cccc(C(C)C)c3)c12. The Hall–Kier alpha value is -3.47. The molecule has 2 aromatic heterocycles. The zero-order valence-corrected chi connectivity index (χ0v) is 17.0. The Morgan fingerprint density at radius 1 is 1.03 bits per heavy atom. The zero-order valence-electron chi connectivity index (χ0n) is 17.0. The number of hydrogen-bond acceptors (Lipinski definition) is 4. The van der Waals surface area contributed by atoms with Crippen LogP contribution in [0.15, 0.2) is 65.2 Å². The normalized spacial score (nSPS) is 11.2. The maximum atomic E-state index is 13.5. The minimum atomic E-state index is -0.123. The molecule has 2 aromatic carbocycles. The van der Waals surface area contributed by atoms with Gasteiger partial charge in [-0.25, -0.2) is 4.98 Å². The second-order valence-electron chi connectivity index (χ2n) is 7.48. The summed E-state index contributed by atoms with van der Waals surface area (Å²) < 4.78 is 5.41. The lowest BCUT2D eigenvalue weighted by Crippen LogP contribution is -2.26. The molecule has 0 unspecified atom stereocenters. The molecule has 0 saturated carbocycles. The summed E-state index contributed by atoms with van der Waals surface area (Å²) >= 11 is 0. The lowest BCUT2D eigenvalue weighted by atomic mass is 10.0. The van der Waals surface area contributed by atoms with Crippen molar-refractivity contribution in [2.45, 2.75) is 26.7 Å². The van der Waals surface area contributed by atoms with Gasteiger partial charge >= 0.3 is 0 Å². The molecule has 5 nitrogen and oxygen atoms in total. The second kappa shape index (κ2) is 7.51. The number of hydrogen-bond donors (Lipinski definition) is 0. The van der Waals surface area contributed by atoms with Crippen molar-refractivity contribution < 1.29 is 9.32 Å². The highest BCUT2D eigenvalue weighted by atomic mass is 16.5. The summed E-state index contributed by atoms with van der Waals surface area (Å²) in [5.74, 6) is 0.262. The van der Waals surface area contributed by atoms with Gasteiger partial charge in [0.05, 0.1) is 22.3 Å². The van der Waals surface area contributed by atoms with Crippen LogP contribution in [0.1, 0.15) is 41.4 Å². The quantitative estimate of drug-likeness (QED) is 0.459. The van der Waals surface area contributed by atoms with Crippen LogP contribution in [0.4, 0.5) is 5.69 Å². The van der Waals surface area contributed by atoms with E-state index in [4.69, 9.17) is 4.52 Å². The second-order valence-corrected chi connectivity index (χ2v) is 7.48. The molecule has 2 heterocycles. The summed E-state index contributed by atoms with van der Waals surface area (Å²) in [6, 6.07) is 19.6. The number of anilines is 1. The van der Waals surface area contributed by atoms with E-state index in [0.717, 1.165) is 11.3 Å². The first kappa shape index (κ1) is 18.9. The molecule has 0 N–H and O–H groups in total. The van der Waals surface area contributed by atoms with E-state index in [1.165, 1.54) is 5.56 Å². The molecule has 146 valence electrons. The predicted octanol–water partition coefficient (Wildman–Crippen LogP) is 5.60. The molecular formula is C24H23N3O2. The highest BCUT2D eigenvalue weighted by molar-refractivity contribution is 6.14. The third-order valence-electron chi connectivity index (χ3n) is 5.15. The highest BCUT2D eigenvalue weighted by Crippen LogP contribution is 2.29. The van der Waals surface area contributed by atoms with Crippen LogP contribution in [-0.2, 0) is 0 Å². The van der Waals surface area contributed by atoms with Gasteiger partial charge in [0.15, 0.2) is 0 Å². The van der Waals surface area contributed by atoms with Crippen molar-refractivity contribution in [1.82, 2.24) is 10.1 Å². The van der Waals surface area contributed by atoms with Crippen molar-refractivity contribution in [3.63, 3.8) is 0 Å². The Balaban J connectivity index is 1.83. The van der Waals surface area contributed by atoms with Crippen LogP contribution in [0, 0.1) is 6.92 Å². The number of carbonyl (C=O) groups is 1. The summed E-state index contributed by atoms with van der Waals surface area (Å²) in [5, 5.41) is 4.69. The fourth-order valence-electron chi connectivity index (χ4n) is 3.41. The van der Waals surface area contributed by atoms with Gasteiger partial charge in [-0.05, 0) is 36.6 Å². The number of nitrogens with zero attached hydrogens (tertiary/aromatic N) is 3. The topological polar surface area (TPSA) is 59.2 Å². The van der Waals surface area contributed by atoms with Gasteiger partial charge < -0.3 is 9.42 Å². The van der Waals surface area contributed by atoms with Crippen molar-refractivity contribution >= 4 is 22.7 Å². The third kappa shape index (κ3) is 3.51. The summed E-state index contributed by atoms with van der Waals surface area (Å²) in [6.07, 6.45) is 0. The van der Waals surface area contributed by atoms with Crippen LogP contribution in [-0.4, -0.2) is 23.1 Å².